The van der Waals surface area contributed by atoms with Crippen LogP contribution in [0.1, 0.15) is 11.6 Å². The van der Waals surface area contributed by atoms with Crippen LogP contribution >= 0.6 is 24.8 Å². The first kappa shape index (κ1) is 20.1. The van der Waals surface area contributed by atoms with Crippen molar-refractivity contribution in [2.75, 3.05) is 39.3 Å². The van der Waals surface area contributed by atoms with Crippen LogP contribution in [0.2, 0.25) is 0 Å². The lowest BCUT2D eigenvalue weighted by Gasteiger charge is -2.37. The molecule has 1 unspecified atom stereocenters. The van der Waals surface area contributed by atoms with Crippen molar-refractivity contribution in [1.82, 2.24) is 15.5 Å². The number of hydrogen-bond donors (Lipinski definition) is 2. The van der Waals surface area contributed by atoms with Gasteiger partial charge in [0.25, 0.3) is 0 Å². The molecule has 1 amide bonds. The van der Waals surface area contributed by atoms with Crippen LogP contribution in [0.15, 0.2) is 24.3 Å². The quantitative estimate of drug-likeness (QED) is 0.839. The van der Waals surface area contributed by atoms with E-state index >= 15 is 0 Å². The summed E-state index contributed by atoms with van der Waals surface area (Å²) in [4.78, 5) is 14.2. The molecule has 23 heavy (non-hydrogen) atoms. The molecule has 2 fully saturated rings. The molecule has 8 heteroatoms. The molecule has 0 saturated carbocycles. The Kier molecular flexibility index (Phi) is 8.22. The number of hydrogen-bond acceptors (Lipinski definition) is 4. The molecule has 0 spiro atoms. The lowest BCUT2D eigenvalue weighted by molar-refractivity contribution is -0.142. The van der Waals surface area contributed by atoms with Gasteiger partial charge in [-0.15, -0.1) is 24.8 Å². The van der Waals surface area contributed by atoms with Crippen LogP contribution in [0.25, 0.3) is 0 Å². The molecule has 0 aromatic heterocycles. The van der Waals surface area contributed by atoms with Gasteiger partial charge in [-0.25, -0.2) is 4.39 Å². The number of ether oxygens (including phenoxy) is 1. The van der Waals surface area contributed by atoms with Gasteiger partial charge in [0.2, 0.25) is 5.91 Å². The average molecular weight is 366 g/mol. The molecule has 2 aliphatic rings. The molecule has 2 heterocycles. The maximum Gasteiger partial charge on any atom is 0.249 e. The fourth-order valence-electron chi connectivity index (χ4n) is 2.67. The van der Waals surface area contributed by atoms with Gasteiger partial charge < -0.3 is 20.3 Å². The molecule has 1 aromatic carbocycles. The molecule has 1 aromatic rings. The number of piperazine rings is 1. The average Bonchev–Trinajstić information content (AvgIpc) is 2.45. The first-order valence-electron chi connectivity index (χ1n) is 7.32. The highest BCUT2D eigenvalue weighted by Crippen LogP contribution is 2.23. The van der Waals surface area contributed by atoms with E-state index in [2.05, 4.69) is 10.6 Å². The normalized spacial score (nSPS) is 20.9. The molecule has 2 N–H and O–H groups in total. The number of carbonyl (C=O) groups excluding carboxylic acids is 1. The molecule has 0 aliphatic carbocycles. The van der Waals surface area contributed by atoms with Crippen LogP contribution in [-0.4, -0.2) is 56.2 Å². The Bertz CT molecular complexity index is 517. The van der Waals surface area contributed by atoms with Gasteiger partial charge >= 0.3 is 0 Å². The SMILES string of the molecule is Cl.Cl.O=C(COC1CNC1)N1CCNCC1c1cccc(F)c1. The Morgan fingerprint density at radius 3 is 2.70 bits per heavy atom. The van der Waals surface area contributed by atoms with E-state index in [1.54, 1.807) is 11.0 Å². The van der Waals surface area contributed by atoms with E-state index in [9.17, 15) is 9.18 Å². The van der Waals surface area contributed by atoms with Gasteiger partial charge in [0, 0.05) is 32.7 Å². The molecule has 1 atom stereocenters. The predicted molar refractivity (Wildman–Crippen MR) is 90.8 cm³/mol. The molecular weight excluding hydrogens is 344 g/mol. The largest absolute Gasteiger partial charge is 0.366 e. The zero-order valence-electron chi connectivity index (χ0n) is 12.7. The minimum Gasteiger partial charge on any atom is -0.366 e. The van der Waals surface area contributed by atoms with Crippen LogP contribution in [0.4, 0.5) is 4.39 Å². The maximum atomic E-state index is 13.4. The third-order valence-corrected chi connectivity index (χ3v) is 3.98. The van der Waals surface area contributed by atoms with Gasteiger partial charge in [-0.2, -0.15) is 0 Å². The fraction of sp³-hybridized carbons (Fsp3) is 0.533. The number of amides is 1. The summed E-state index contributed by atoms with van der Waals surface area (Å²) < 4.78 is 19.0. The molecule has 0 radical (unpaired) electrons. The van der Waals surface area contributed by atoms with Crippen LogP contribution in [0.5, 0.6) is 0 Å². The van der Waals surface area contributed by atoms with Gasteiger partial charge in [0.15, 0.2) is 0 Å². The van der Waals surface area contributed by atoms with Crippen molar-refractivity contribution >= 4 is 30.7 Å². The first-order chi connectivity index (χ1) is 10.2. The zero-order chi connectivity index (χ0) is 14.7. The molecule has 0 bridgehead atoms. The number of halogens is 3. The summed E-state index contributed by atoms with van der Waals surface area (Å²) in [5.74, 6) is -0.306. The van der Waals surface area contributed by atoms with E-state index in [-0.39, 0.29) is 55.3 Å². The van der Waals surface area contributed by atoms with Gasteiger partial charge in [-0.05, 0) is 17.7 Å². The Hall–Kier alpha value is -0.920. The molecular formula is C15H22Cl2FN3O2. The third kappa shape index (κ3) is 5.02. The fourth-order valence-corrected chi connectivity index (χ4v) is 2.67. The zero-order valence-corrected chi connectivity index (χ0v) is 14.3. The van der Waals surface area contributed by atoms with Crippen molar-refractivity contribution in [3.05, 3.63) is 35.6 Å². The Morgan fingerprint density at radius 2 is 2.04 bits per heavy atom. The minimum atomic E-state index is -0.276. The minimum absolute atomic E-state index is 0. The van der Waals surface area contributed by atoms with Crippen molar-refractivity contribution in [3.63, 3.8) is 0 Å². The summed E-state index contributed by atoms with van der Waals surface area (Å²) in [7, 11) is 0. The van der Waals surface area contributed by atoms with Crippen molar-refractivity contribution in [1.29, 1.82) is 0 Å². The highest BCUT2D eigenvalue weighted by molar-refractivity contribution is 5.85. The standard InChI is InChI=1S/C15H20FN3O2.2ClH/c16-12-3-1-2-11(6-12)14-9-17-4-5-19(14)15(20)10-21-13-7-18-8-13;;/h1-3,6,13-14,17-18H,4-5,7-10H2;2*1H. The lowest BCUT2D eigenvalue weighted by Crippen LogP contribution is -2.52. The van der Waals surface area contributed by atoms with Gasteiger partial charge in [-0.3, -0.25) is 4.79 Å². The van der Waals surface area contributed by atoms with E-state index < -0.39 is 0 Å². The molecule has 2 aliphatic heterocycles. The third-order valence-electron chi connectivity index (χ3n) is 3.98. The van der Waals surface area contributed by atoms with E-state index in [4.69, 9.17) is 4.74 Å². The molecule has 2 saturated heterocycles. The second-order valence-corrected chi connectivity index (χ2v) is 5.45. The van der Waals surface area contributed by atoms with Crippen molar-refractivity contribution < 1.29 is 13.9 Å². The highest BCUT2D eigenvalue weighted by atomic mass is 35.5. The van der Waals surface area contributed by atoms with Crippen molar-refractivity contribution in [2.24, 2.45) is 0 Å². The Morgan fingerprint density at radius 1 is 1.26 bits per heavy atom. The van der Waals surface area contributed by atoms with Crippen LogP contribution < -0.4 is 10.6 Å². The summed E-state index contributed by atoms with van der Waals surface area (Å²) in [5.41, 5.74) is 0.820. The number of carbonyl (C=O) groups is 1. The first-order valence-corrected chi connectivity index (χ1v) is 7.32. The Balaban J connectivity index is 0.00000132. The van der Waals surface area contributed by atoms with Crippen molar-refractivity contribution in [2.45, 2.75) is 12.1 Å². The topological polar surface area (TPSA) is 53.6 Å². The molecule has 130 valence electrons. The number of benzene rings is 1. The second kappa shape index (κ2) is 9.39. The van der Waals surface area contributed by atoms with E-state index in [0.29, 0.717) is 13.1 Å². The van der Waals surface area contributed by atoms with Gasteiger partial charge in [0.05, 0.1) is 12.1 Å². The van der Waals surface area contributed by atoms with Crippen LogP contribution in [-0.2, 0) is 9.53 Å². The predicted octanol–water partition coefficient (Wildman–Crippen LogP) is 1.13. The lowest BCUT2D eigenvalue weighted by atomic mass is 10.0. The number of nitrogens with zero attached hydrogens (tertiary/aromatic N) is 1. The highest BCUT2D eigenvalue weighted by Gasteiger charge is 2.29. The summed E-state index contributed by atoms with van der Waals surface area (Å²) in [6.45, 7) is 3.72. The van der Waals surface area contributed by atoms with E-state index in [1.807, 2.05) is 6.07 Å². The second-order valence-electron chi connectivity index (χ2n) is 5.45. The number of rotatable bonds is 4. The molecule has 3 rings (SSSR count). The van der Waals surface area contributed by atoms with Crippen LogP contribution in [0, 0.1) is 5.82 Å². The van der Waals surface area contributed by atoms with Gasteiger partial charge in [0.1, 0.15) is 12.4 Å². The monoisotopic (exact) mass is 365 g/mol. The van der Waals surface area contributed by atoms with E-state index in [1.165, 1.54) is 12.1 Å². The van der Waals surface area contributed by atoms with E-state index in [0.717, 1.165) is 25.2 Å². The van der Waals surface area contributed by atoms with Gasteiger partial charge in [-0.1, -0.05) is 12.1 Å². The number of nitrogens with one attached hydrogen (secondary N) is 2. The Labute approximate surface area is 147 Å². The summed E-state index contributed by atoms with van der Waals surface area (Å²) in [6.07, 6.45) is 0.143. The summed E-state index contributed by atoms with van der Waals surface area (Å²) in [5, 5.41) is 6.36. The summed E-state index contributed by atoms with van der Waals surface area (Å²) in [6, 6.07) is 6.31. The maximum absolute atomic E-state index is 13.4. The van der Waals surface area contributed by atoms with Crippen molar-refractivity contribution in [3.8, 4) is 0 Å². The summed E-state index contributed by atoms with van der Waals surface area (Å²) >= 11 is 0. The molecule has 5 nitrogen and oxygen atoms in total. The smallest absolute Gasteiger partial charge is 0.249 e. The van der Waals surface area contributed by atoms with Crippen LogP contribution in [0.3, 0.4) is 0 Å².